The fourth-order valence-electron chi connectivity index (χ4n) is 1.72. The van der Waals surface area contributed by atoms with Crippen LogP contribution in [0.15, 0.2) is 29.0 Å². The van der Waals surface area contributed by atoms with Crippen LogP contribution in [0, 0.1) is 0 Å². The number of hydrogen-bond acceptors (Lipinski definition) is 6. The van der Waals surface area contributed by atoms with Gasteiger partial charge in [0.05, 0.1) is 14.2 Å². The molecular formula is C13H17N3O3. The number of aromatic nitrogens is 2. The molecule has 2 aromatic rings. The van der Waals surface area contributed by atoms with Crippen LogP contribution in [-0.4, -0.2) is 30.9 Å². The first-order chi connectivity index (χ1) is 9.33. The zero-order valence-corrected chi connectivity index (χ0v) is 11.0. The van der Waals surface area contributed by atoms with Gasteiger partial charge < -0.3 is 19.3 Å². The van der Waals surface area contributed by atoms with E-state index in [0.717, 1.165) is 30.2 Å². The summed E-state index contributed by atoms with van der Waals surface area (Å²) < 4.78 is 15.4. The smallest absolute Gasteiger partial charge is 0.227 e. The second-order valence-corrected chi connectivity index (χ2v) is 3.95. The number of ether oxygens (including phenoxy) is 2. The highest BCUT2D eigenvalue weighted by Crippen LogP contribution is 2.27. The van der Waals surface area contributed by atoms with Crippen LogP contribution in [0.3, 0.4) is 0 Å². The summed E-state index contributed by atoms with van der Waals surface area (Å²) in [5.41, 5.74) is 1.13. The van der Waals surface area contributed by atoms with E-state index >= 15 is 0 Å². The highest BCUT2D eigenvalue weighted by atomic mass is 16.5. The van der Waals surface area contributed by atoms with E-state index in [1.165, 1.54) is 6.33 Å². The Morgan fingerprint density at radius 3 is 2.74 bits per heavy atom. The van der Waals surface area contributed by atoms with Crippen molar-refractivity contribution in [3.8, 4) is 11.5 Å². The third-order valence-electron chi connectivity index (χ3n) is 2.70. The molecule has 0 aliphatic rings. The number of nitrogens with one attached hydrogen (secondary N) is 1. The van der Waals surface area contributed by atoms with Gasteiger partial charge in [-0.3, -0.25) is 0 Å². The van der Waals surface area contributed by atoms with Gasteiger partial charge in [0.15, 0.2) is 17.8 Å². The second-order valence-electron chi connectivity index (χ2n) is 3.95. The standard InChI is InChI=1S/C13H17N3O3/c1-17-11-4-3-10(7-12(11)18-2)8-14-6-5-13-15-9-16-19-13/h3-4,7,9,14H,5-6,8H2,1-2H3. The van der Waals surface area contributed by atoms with Gasteiger partial charge in [0.2, 0.25) is 5.89 Å². The van der Waals surface area contributed by atoms with Gasteiger partial charge in [-0.2, -0.15) is 4.98 Å². The normalized spacial score (nSPS) is 10.4. The summed E-state index contributed by atoms with van der Waals surface area (Å²) in [5.74, 6) is 2.11. The first-order valence-corrected chi connectivity index (χ1v) is 6.00. The molecule has 0 aliphatic carbocycles. The van der Waals surface area contributed by atoms with Crippen LogP contribution < -0.4 is 14.8 Å². The number of benzene rings is 1. The lowest BCUT2D eigenvalue weighted by atomic mass is 10.2. The molecule has 19 heavy (non-hydrogen) atoms. The summed E-state index contributed by atoms with van der Waals surface area (Å²) in [7, 11) is 3.25. The molecule has 0 aliphatic heterocycles. The summed E-state index contributed by atoms with van der Waals surface area (Å²) in [5, 5.41) is 6.86. The van der Waals surface area contributed by atoms with E-state index in [-0.39, 0.29) is 0 Å². The first-order valence-electron chi connectivity index (χ1n) is 6.00. The van der Waals surface area contributed by atoms with Crippen molar-refractivity contribution in [2.45, 2.75) is 13.0 Å². The van der Waals surface area contributed by atoms with Crippen LogP contribution in [0.4, 0.5) is 0 Å². The molecule has 2 rings (SSSR count). The monoisotopic (exact) mass is 263 g/mol. The van der Waals surface area contributed by atoms with Crippen LogP contribution in [0.2, 0.25) is 0 Å². The molecule has 0 saturated carbocycles. The predicted molar refractivity (Wildman–Crippen MR) is 69.3 cm³/mol. The number of hydrogen-bond donors (Lipinski definition) is 1. The molecule has 0 spiro atoms. The molecule has 0 bridgehead atoms. The summed E-state index contributed by atoms with van der Waals surface area (Å²) in [4.78, 5) is 3.96. The minimum atomic E-state index is 0.639. The SMILES string of the molecule is COc1ccc(CNCCc2ncno2)cc1OC. The highest BCUT2D eigenvalue weighted by molar-refractivity contribution is 5.42. The van der Waals surface area contributed by atoms with Crippen molar-refractivity contribution >= 4 is 0 Å². The Labute approximate surface area is 111 Å². The molecule has 6 heteroatoms. The summed E-state index contributed by atoms with van der Waals surface area (Å²) in [6, 6.07) is 5.85. The molecular weight excluding hydrogens is 246 g/mol. The van der Waals surface area contributed by atoms with Crippen LogP contribution in [0.1, 0.15) is 11.5 Å². The van der Waals surface area contributed by atoms with E-state index in [0.29, 0.717) is 12.3 Å². The Balaban J connectivity index is 1.82. The molecule has 0 amide bonds. The average Bonchev–Trinajstić information content (AvgIpc) is 2.96. The van der Waals surface area contributed by atoms with Gasteiger partial charge in [0, 0.05) is 19.5 Å². The maximum atomic E-state index is 5.26. The van der Waals surface area contributed by atoms with Gasteiger partial charge in [-0.15, -0.1) is 0 Å². The lowest BCUT2D eigenvalue weighted by Gasteiger charge is -2.10. The lowest BCUT2D eigenvalue weighted by molar-refractivity contribution is 0.354. The second kappa shape index (κ2) is 6.75. The molecule has 0 radical (unpaired) electrons. The van der Waals surface area contributed by atoms with Crippen LogP contribution in [0.25, 0.3) is 0 Å². The van der Waals surface area contributed by atoms with Crippen molar-refractivity contribution < 1.29 is 14.0 Å². The molecule has 0 unspecified atom stereocenters. The van der Waals surface area contributed by atoms with Gasteiger partial charge in [0.1, 0.15) is 0 Å². The van der Waals surface area contributed by atoms with Gasteiger partial charge in [-0.05, 0) is 17.7 Å². The van der Waals surface area contributed by atoms with Crippen molar-refractivity contribution in [2.75, 3.05) is 20.8 Å². The van der Waals surface area contributed by atoms with Crippen LogP contribution in [0.5, 0.6) is 11.5 Å². The van der Waals surface area contributed by atoms with Crippen molar-refractivity contribution in [3.63, 3.8) is 0 Å². The van der Waals surface area contributed by atoms with Gasteiger partial charge in [-0.25, -0.2) is 0 Å². The topological polar surface area (TPSA) is 69.4 Å². The summed E-state index contributed by atoms with van der Waals surface area (Å²) in [6.07, 6.45) is 2.12. The lowest BCUT2D eigenvalue weighted by Crippen LogP contribution is -2.16. The zero-order chi connectivity index (χ0) is 13.5. The molecule has 0 atom stereocenters. The van der Waals surface area contributed by atoms with E-state index in [2.05, 4.69) is 15.5 Å². The average molecular weight is 263 g/mol. The molecule has 1 N–H and O–H groups in total. The Morgan fingerprint density at radius 1 is 1.21 bits per heavy atom. The Bertz CT molecular complexity index is 500. The first kappa shape index (κ1) is 13.4. The fourth-order valence-corrected chi connectivity index (χ4v) is 1.72. The number of rotatable bonds is 7. The third-order valence-corrected chi connectivity index (χ3v) is 2.70. The van der Waals surface area contributed by atoms with Crippen molar-refractivity contribution in [1.29, 1.82) is 0 Å². The molecule has 1 aromatic carbocycles. The van der Waals surface area contributed by atoms with Gasteiger partial charge in [-0.1, -0.05) is 11.2 Å². The molecule has 0 saturated heterocycles. The maximum absolute atomic E-state index is 5.26. The van der Waals surface area contributed by atoms with Gasteiger partial charge in [0.25, 0.3) is 0 Å². The zero-order valence-electron chi connectivity index (χ0n) is 11.0. The largest absolute Gasteiger partial charge is 0.493 e. The molecule has 0 fully saturated rings. The predicted octanol–water partition coefficient (Wildman–Crippen LogP) is 1.42. The summed E-state index contributed by atoms with van der Waals surface area (Å²) >= 11 is 0. The van der Waals surface area contributed by atoms with E-state index in [4.69, 9.17) is 14.0 Å². The van der Waals surface area contributed by atoms with Crippen molar-refractivity contribution in [3.05, 3.63) is 36.0 Å². The van der Waals surface area contributed by atoms with Crippen molar-refractivity contribution in [1.82, 2.24) is 15.5 Å². The van der Waals surface area contributed by atoms with Crippen LogP contribution in [-0.2, 0) is 13.0 Å². The Hall–Kier alpha value is -2.08. The molecule has 102 valence electrons. The maximum Gasteiger partial charge on any atom is 0.227 e. The molecule has 6 nitrogen and oxygen atoms in total. The quantitative estimate of drug-likeness (QED) is 0.762. The minimum Gasteiger partial charge on any atom is -0.493 e. The number of nitrogens with zero attached hydrogens (tertiary/aromatic N) is 2. The molecule has 1 heterocycles. The van der Waals surface area contributed by atoms with Gasteiger partial charge >= 0.3 is 0 Å². The van der Waals surface area contributed by atoms with E-state index in [9.17, 15) is 0 Å². The van der Waals surface area contributed by atoms with E-state index in [1.54, 1.807) is 14.2 Å². The number of methoxy groups -OCH3 is 2. The Morgan fingerprint density at radius 2 is 2.05 bits per heavy atom. The minimum absolute atomic E-state index is 0.639. The van der Waals surface area contributed by atoms with E-state index < -0.39 is 0 Å². The fraction of sp³-hybridized carbons (Fsp3) is 0.385. The van der Waals surface area contributed by atoms with E-state index in [1.807, 2.05) is 18.2 Å². The summed E-state index contributed by atoms with van der Waals surface area (Å²) in [6.45, 7) is 1.52. The Kier molecular flexibility index (Phi) is 4.74. The highest BCUT2D eigenvalue weighted by Gasteiger charge is 2.04. The van der Waals surface area contributed by atoms with Crippen LogP contribution >= 0.6 is 0 Å². The van der Waals surface area contributed by atoms with Crippen molar-refractivity contribution in [2.24, 2.45) is 0 Å². The molecule has 1 aromatic heterocycles. The third kappa shape index (κ3) is 3.69.